The van der Waals surface area contributed by atoms with Crippen molar-refractivity contribution in [3.8, 4) is 0 Å². The highest BCUT2D eigenvalue weighted by Crippen LogP contribution is 2.15. The van der Waals surface area contributed by atoms with Gasteiger partial charge < -0.3 is 0 Å². The van der Waals surface area contributed by atoms with Crippen LogP contribution < -0.4 is 0 Å². The average molecular weight is 399 g/mol. The highest BCUT2D eigenvalue weighted by Gasteiger charge is 1.96. The molecule has 0 amide bonds. The molecule has 0 N–H and O–H groups in total. The quantitative estimate of drug-likeness (QED) is 0.190. The summed E-state index contributed by atoms with van der Waals surface area (Å²) < 4.78 is 0. The molecular weight excluding hydrogens is 348 g/mol. The van der Waals surface area contributed by atoms with Crippen molar-refractivity contribution >= 4 is 0 Å². The van der Waals surface area contributed by atoms with Crippen LogP contribution in [0.3, 0.4) is 0 Å². The minimum absolute atomic E-state index is 0.809. The Morgan fingerprint density at radius 1 is 0.483 bits per heavy atom. The van der Waals surface area contributed by atoms with Crippen LogP contribution in [0.1, 0.15) is 120 Å². The lowest BCUT2D eigenvalue weighted by atomic mass is 10.0. The molecule has 29 heavy (non-hydrogen) atoms. The molecule has 0 aromatic rings. The fourth-order valence-corrected chi connectivity index (χ4v) is 3.27. The van der Waals surface area contributed by atoms with Crippen LogP contribution in [0.25, 0.3) is 0 Å². The van der Waals surface area contributed by atoms with E-state index in [1.807, 2.05) is 0 Å². The second-order valence-corrected chi connectivity index (χ2v) is 9.61. The summed E-state index contributed by atoms with van der Waals surface area (Å²) in [5, 5.41) is 0. The van der Waals surface area contributed by atoms with Crippen molar-refractivity contribution in [1.29, 1.82) is 0 Å². The van der Waals surface area contributed by atoms with Crippen LogP contribution in [0.15, 0.2) is 58.2 Å². The van der Waals surface area contributed by atoms with Gasteiger partial charge in [0.1, 0.15) is 0 Å². The molecule has 0 saturated heterocycles. The number of hydrogen-bond acceptors (Lipinski definition) is 0. The Hall–Kier alpha value is -1.30. The largest absolute Gasteiger partial charge is 0.0856 e. The first-order chi connectivity index (χ1) is 13.7. The van der Waals surface area contributed by atoms with Crippen molar-refractivity contribution in [2.24, 2.45) is 5.92 Å². The monoisotopic (exact) mass is 398 g/mol. The molecule has 0 atom stereocenters. The van der Waals surface area contributed by atoms with Gasteiger partial charge in [-0.05, 0) is 112 Å². The van der Waals surface area contributed by atoms with Crippen LogP contribution in [-0.2, 0) is 0 Å². The van der Waals surface area contributed by atoms with E-state index in [0.29, 0.717) is 0 Å². The maximum atomic E-state index is 2.44. The summed E-state index contributed by atoms with van der Waals surface area (Å²) in [6, 6.07) is 0. The fraction of sp³-hybridized carbons (Fsp3) is 0.655. The highest BCUT2D eigenvalue weighted by atomic mass is 14.0. The van der Waals surface area contributed by atoms with Crippen LogP contribution in [0, 0.1) is 5.92 Å². The van der Waals surface area contributed by atoms with E-state index in [0.717, 1.165) is 5.92 Å². The van der Waals surface area contributed by atoms with E-state index in [4.69, 9.17) is 0 Å². The summed E-state index contributed by atoms with van der Waals surface area (Å²) >= 11 is 0. The van der Waals surface area contributed by atoms with Gasteiger partial charge in [0.2, 0.25) is 0 Å². The molecule has 0 heteroatoms. The van der Waals surface area contributed by atoms with Crippen molar-refractivity contribution in [3.05, 3.63) is 58.2 Å². The molecule has 0 aromatic heterocycles. The van der Waals surface area contributed by atoms with Crippen LogP contribution in [0.2, 0.25) is 0 Å². The molecule has 0 fully saturated rings. The maximum Gasteiger partial charge on any atom is -0.0288 e. The van der Waals surface area contributed by atoms with Crippen molar-refractivity contribution in [2.75, 3.05) is 0 Å². The smallest absolute Gasteiger partial charge is 0.0288 e. The molecule has 166 valence electrons. The van der Waals surface area contributed by atoms with E-state index < -0.39 is 0 Å². The lowest BCUT2D eigenvalue weighted by Gasteiger charge is -2.05. The van der Waals surface area contributed by atoms with Gasteiger partial charge in [-0.2, -0.15) is 0 Å². The second kappa shape index (κ2) is 17.5. The third kappa shape index (κ3) is 19.8. The molecule has 0 aliphatic heterocycles. The van der Waals surface area contributed by atoms with Gasteiger partial charge in [-0.25, -0.2) is 0 Å². The topological polar surface area (TPSA) is 0 Å². The molecule has 0 bridgehead atoms. The summed E-state index contributed by atoms with van der Waals surface area (Å²) in [7, 11) is 0. The Bertz CT molecular complexity index is 571. The molecular formula is C29H50. The zero-order valence-electron chi connectivity index (χ0n) is 21.0. The van der Waals surface area contributed by atoms with Crippen molar-refractivity contribution in [3.63, 3.8) is 0 Å². The standard InChI is InChI=1S/C29H50/c1-24(2)14-11-17-28(7)20-12-18-26(5)15-9-10-16-27(6)19-13-21-29(8)23-22-25(3)4/h14-16,20-21,25H,9-13,17-19,22-23H2,1-8H3/b26-15+,27-16+,28-20+,29-21+. The Morgan fingerprint density at radius 2 is 0.828 bits per heavy atom. The van der Waals surface area contributed by atoms with E-state index in [1.54, 1.807) is 11.1 Å². The Balaban J connectivity index is 4.03. The Morgan fingerprint density at radius 3 is 1.21 bits per heavy atom. The summed E-state index contributed by atoms with van der Waals surface area (Å²) in [4.78, 5) is 0. The van der Waals surface area contributed by atoms with E-state index in [9.17, 15) is 0 Å². The van der Waals surface area contributed by atoms with Gasteiger partial charge >= 0.3 is 0 Å². The number of unbranched alkanes of at least 4 members (excludes halogenated alkanes) is 1. The minimum Gasteiger partial charge on any atom is -0.0856 e. The van der Waals surface area contributed by atoms with Gasteiger partial charge in [0.15, 0.2) is 0 Å². The molecule has 0 spiro atoms. The minimum atomic E-state index is 0.809. The first-order valence-electron chi connectivity index (χ1n) is 12.0. The molecule has 0 heterocycles. The van der Waals surface area contributed by atoms with Crippen molar-refractivity contribution < 1.29 is 0 Å². The predicted molar refractivity (Wildman–Crippen MR) is 135 cm³/mol. The Kier molecular flexibility index (Phi) is 16.8. The maximum absolute atomic E-state index is 2.44. The SMILES string of the molecule is CC(C)=CCC/C(C)=C/CC/C(C)=C/CC/C=C(\C)CC/C=C(\C)CCC(C)C. The number of allylic oxidation sites excluding steroid dienone is 10. The van der Waals surface area contributed by atoms with Gasteiger partial charge in [-0.15, -0.1) is 0 Å². The van der Waals surface area contributed by atoms with Crippen LogP contribution >= 0.6 is 0 Å². The van der Waals surface area contributed by atoms with Gasteiger partial charge in [0.25, 0.3) is 0 Å². The third-order valence-electron chi connectivity index (χ3n) is 5.42. The third-order valence-corrected chi connectivity index (χ3v) is 5.42. The molecule has 0 nitrogen and oxygen atoms in total. The molecule has 0 radical (unpaired) electrons. The van der Waals surface area contributed by atoms with Gasteiger partial charge in [0.05, 0.1) is 0 Å². The lowest BCUT2D eigenvalue weighted by Crippen LogP contribution is -1.88. The molecule has 0 aliphatic carbocycles. The molecule has 0 saturated carbocycles. The van der Waals surface area contributed by atoms with Crippen molar-refractivity contribution in [1.82, 2.24) is 0 Å². The van der Waals surface area contributed by atoms with E-state index in [1.165, 1.54) is 80.9 Å². The van der Waals surface area contributed by atoms with Crippen LogP contribution in [0.4, 0.5) is 0 Å². The van der Waals surface area contributed by atoms with Gasteiger partial charge in [-0.3, -0.25) is 0 Å². The van der Waals surface area contributed by atoms with E-state index in [2.05, 4.69) is 85.8 Å². The lowest BCUT2D eigenvalue weighted by molar-refractivity contribution is 0.583. The average Bonchev–Trinajstić information content (AvgIpc) is 2.63. The predicted octanol–water partition coefficient (Wildman–Crippen LogP) is 10.3. The summed E-state index contributed by atoms with van der Waals surface area (Å²) in [5.41, 5.74) is 7.59. The normalized spacial score (nSPS) is 14.0. The number of hydrogen-bond donors (Lipinski definition) is 0. The van der Waals surface area contributed by atoms with Gasteiger partial charge in [-0.1, -0.05) is 72.1 Å². The molecule has 0 rings (SSSR count). The first kappa shape index (κ1) is 27.7. The first-order valence-corrected chi connectivity index (χ1v) is 12.0. The van der Waals surface area contributed by atoms with Crippen molar-refractivity contribution in [2.45, 2.75) is 120 Å². The molecule has 0 aliphatic rings. The highest BCUT2D eigenvalue weighted by molar-refractivity contribution is 5.07. The van der Waals surface area contributed by atoms with Gasteiger partial charge in [0, 0.05) is 0 Å². The molecule has 0 aromatic carbocycles. The number of rotatable bonds is 15. The summed E-state index contributed by atoms with van der Waals surface area (Å²) in [6.07, 6.45) is 24.2. The summed E-state index contributed by atoms with van der Waals surface area (Å²) in [6.45, 7) is 18.1. The zero-order valence-corrected chi connectivity index (χ0v) is 21.0. The van der Waals surface area contributed by atoms with Crippen LogP contribution in [-0.4, -0.2) is 0 Å². The molecule has 0 unspecified atom stereocenters. The van der Waals surface area contributed by atoms with E-state index in [-0.39, 0.29) is 0 Å². The Labute approximate surface area is 184 Å². The fourth-order valence-electron chi connectivity index (χ4n) is 3.27. The zero-order chi connectivity index (χ0) is 22.1. The summed E-state index contributed by atoms with van der Waals surface area (Å²) in [5.74, 6) is 0.809. The van der Waals surface area contributed by atoms with E-state index >= 15 is 0 Å². The second-order valence-electron chi connectivity index (χ2n) is 9.61. The van der Waals surface area contributed by atoms with Crippen LogP contribution in [0.5, 0.6) is 0 Å².